The molecule has 0 spiro atoms. The molecule has 0 aliphatic carbocycles. The molecule has 0 unspecified atom stereocenters. The highest BCUT2D eigenvalue weighted by molar-refractivity contribution is 7.19. The molecule has 0 saturated heterocycles. The lowest BCUT2D eigenvalue weighted by Crippen LogP contribution is -2.38. The van der Waals surface area contributed by atoms with Crippen LogP contribution in [0.25, 0.3) is 10.3 Å². The van der Waals surface area contributed by atoms with Crippen LogP contribution in [0.5, 0.6) is 0 Å². The lowest BCUT2D eigenvalue weighted by atomic mass is 10.2. The number of carbonyl (C=O) groups is 1. The van der Waals surface area contributed by atoms with Crippen molar-refractivity contribution in [3.63, 3.8) is 0 Å². The third kappa shape index (κ3) is 2.91. The summed E-state index contributed by atoms with van der Waals surface area (Å²) in [5, 5.41) is 12.7. The third-order valence-electron chi connectivity index (χ3n) is 4.42. The number of hydrogen-bond donors (Lipinski definition) is 2. The molecule has 1 aliphatic heterocycles. The van der Waals surface area contributed by atoms with Gasteiger partial charge in [0.25, 0.3) is 5.91 Å². The highest BCUT2D eigenvalue weighted by atomic mass is 32.1. The van der Waals surface area contributed by atoms with E-state index in [0.29, 0.717) is 16.2 Å². The van der Waals surface area contributed by atoms with Crippen molar-refractivity contribution in [3.05, 3.63) is 41.2 Å². The second-order valence-electron chi connectivity index (χ2n) is 6.56. The number of carbonyl (C=O) groups excluding carboxylic acids is 1. The van der Waals surface area contributed by atoms with Gasteiger partial charge >= 0.3 is 0 Å². The Morgan fingerprint density at radius 3 is 2.92 bits per heavy atom. The molecule has 26 heavy (non-hydrogen) atoms. The zero-order chi connectivity index (χ0) is 18.3. The molecule has 1 aliphatic rings. The minimum atomic E-state index is -0.912. The van der Waals surface area contributed by atoms with Gasteiger partial charge in [0, 0.05) is 12.2 Å². The summed E-state index contributed by atoms with van der Waals surface area (Å²) in [6.07, 6.45) is 1.53. The Morgan fingerprint density at radius 1 is 1.31 bits per heavy atom. The normalized spacial score (nSPS) is 14.7. The van der Waals surface area contributed by atoms with Crippen molar-refractivity contribution >= 4 is 39.1 Å². The number of amides is 1. The Kier molecular flexibility index (Phi) is 4.29. The number of para-hydroxylation sites is 1. The lowest BCUT2D eigenvalue weighted by Gasteiger charge is -2.18. The van der Waals surface area contributed by atoms with E-state index in [2.05, 4.69) is 37.3 Å². The number of nitrogens with one attached hydrogen (secondary N) is 1. The minimum Gasteiger partial charge on any atom is -0.373 e. The summed E-state index contributed by atoms with van der Waals surface area (Å²) in [6.45, 7) is 4.48. The molecule has 3 heterocycles. The molecule has 1 atom stereocenters. The summed E-state index contributed by atoms with van der Waals surface area (Å²) >= 11 is 1.20. The van der Waals surface area contributed by atoms with E-state index in [1.54, 1.807) is 0 Å². The third-order valence-corrected chi connectivity index (χ3v) is 5.39. The van der Waals surface area contributed by atoms with Gasteiger partial charge in [-0.25, -0.2) is 15.0 Å². The van der Waals surface area contributed by atoms with E-state index in [9.17, 15) is 9.90 Å². The lowest BCUT2D eigenvalue weighted by molar-refractivity contribution is 0.0647. The largest absolute Gasteiger partial charge is 0.373 e. The van der Waals surface area contributed by atoms with Gasteiger partial charge in [0.2, 0.25) is 0 Å². The Morgan fingerprint density at radius 2 is 2.12 bits per heavy atom. The number of hydrogen-bond acceptors (Lipinski definition) is 7. The number of nitrogens with zero attached hydrogens (tertiary/aromatic N) is 4. The Balaban J connectivity index is 1.70. The van der Waals surface area contributed by atoms with Gasteiger partial charge in [-0.1, -0.05) is 43.4 Å². The highest BCUT2D eigenvalue weighted by Crippen LogP contribution is 2.36. The Labute approximate surface area is 154 Å². The summed E-state index contributed by atoms with van der Waals surface area (Å²) in [7, 11) is 0. The van der Waals surface area contributed by atoms with Gasteiger partial charge in [-0.3, -0.25) is 4.79 Å². The van der Waals surface area contributed by atoms with Crippen molar-refractivity contribution < 1.29 is 9.90 Å². The smallest absolute Gasteiger partial charge is 0.282 e. The van der Waals surface area contributed by atoms with Gasteiger partial charge in [0.15, 0.2) is 10.8 Å². The number of aliphatic hydroxyl groups is 1. The molecule has 2 aromatic heterocycles. The van der Waals surface area contributed by atoms with E-state index in [4.69, 9.17) is 0 Å². The average molecular weight is 369 g/mol. The first-order valence-corrected chi connectivity index (χ1v) is 9.32. The first-order chi connectivity index (χ1) is 12.5. The van der Waals surface area contributed by atoms with Crippen LogP contribution in [0.3, 0.4) is 0 Å². The number of aliphatic hydroxyl groups excluding tert-OH is 1. The van der Waals surface area contributed by atoms with Gasteiger partial charge in [-0.05, 0) is 24.0 Å². The Hall–Kier alpha value is -2.58. The van der Waals surface area contributed by atoms with Crippen LogP contribution < -0.4 is 10.2 Å². The van der Waals surface area contributed by atoms with Crippen molar-refractivity contribution in [1.29, 1.82) is 0 Å². The summed E-state index contributed by atoms with van der Waals surface area (Å²) in [4.78, 5) is 28.3. The van der Waals surface area contributed by atoms with Gasteiger partial charge in [0.1, 0.15) is 22.9 Å². The maximum Gasteiger partial charge on any atom is 0.282 e. The number of fused-ring (bicyclic) bond motifs is 2. The van der Waals surface area contributed by atoms with Crippen LogP contribution in [0.2, 0.25) is 0 Å². The molecule has 7 nitrogen and oxygen atoms in total. The van der Waals surface area contributed by atoms with E-state index in [1.807, 2.05) is 26.0 Å². The van der Waals surface area contributed by atoms with Crippen LogP contribution in [0.15, 0.2) is 30.6 Å². The molecule has 0 fully saturated rings. The summed E-state index contributed by atoms with van der Waals surface area (Å²) in [5.41, 5.74) is 2.99. The van der Waals surface area contributed by atoms with Crippen LogP contribution in [0.1, 0.15) is 29.2 Å². The number of anilines is 2. The SMILES string of the molecule is CC(C)[C@@H](O)NC(=O)c1nc2c(N3CCc4ccccc43)ncnc2s1. The maximum absolute atomic E-state index is 12.4. The van der Waals surface area contributed by atoms with Crippen LogP contribution in [-0.2, 0) is 6.42 Å². The molecule has 134 valence electrons. The van der Waals surface area contributed by atoms with Crippen LogP contribution in [0, 0.1) is 5.92 Å². The molecular weight excluding hydrogens is 350 g/mol. The number of thiazole rings is 1. The summed E-state index contributed by atoms with van der Waals surface area (Å²) in [6, 6.07) is 8.21. The summed E-state index contributed by atoms with van der Waals surface area (Å²) < 4.78 is 0. The first kappa shape index (κ1) is 16.9. The van der Waals surface area contributed by atoms with E-state index in [1.165, 1.54) is 23.2 Å². The molecule has 0 bridgehead atoms. The minimum absolute atomic E-state index is 0.0789. The maximum atomic E-state index is 12.4. The molecule has 2 N–H and O–H groups in total. The monoisotopic (exact) mass is 369 g/mol. The molecule has 3 aromatic rings. The molecule has 4 rings (SSSR count). The molecule has 8 heteroatoms. The fraction of sp³-hybridized carbons (Fsp3) is 0.333. The topological polar surface area (TPSA) is 91.2 Å². The first-order valence-electron chi connectivity index (χ1n) is 8.50. The van der Waals surface area contributed by atoms with E-state index in [-0.39, 0.29) is 10.9 Å². The van der Waals surface area contributed by atoms with Crippen LogP contribution in [-0.4, -0.2) is 38.7 Å². The van der Waals surface area contributed by atoms with Crippen molar-refractivity contribution in [2.75, 3.05) is 11.4 Å². The number of rotatable bonds is 4. The molecule has 0 radical (unpaired) electrons. The Bertz CT molecular complexity index is 971. The quantitative estimate of drug-likeness (QED) is 0.687. The van der Waals surface area contributed by atoms with Crippen LogP contribution >= 0.6 is 11.3 Å². The van der Waals surface area contributed by atoms with Crippen molar-refractivity contribution in [1.82, 2.24) is 20.3 Å². The fourth-order valence-corrected chi connectivity index (χ4v) is 3.76. The molecular formula is C18H19N5O2S. The van der Waals surface area contributed by atoms with Gasteiger partial charge in [-0.2, -0.15) is 0 Å². The molecule has 1 amide bonds. The summed E-state index contributed by atoms with van der Waals surface area (Å²) in [5.74, 6) is 0.228. The number of benzene rings is 1. The van der Waals surface area contributed by atoms with Crippen LogP contribution in [0.4, 0.5) is 11.5 Å². The fourth-order valence-electron chi connectivity index (χ4n) is 2.96. The van der Waals surface area contributed by atoms with Gasteiger partial charge < -0.3 is 15.3 Å². The van der Waals surface area contributed by atoms with Crippen molar-refractivity contribution in [2.45, 2.75) is 26.5 Å². The second kappa shape index (κ2) is 6.62. The van der Waals surface area contributed by atoms with Crippen molar-refractivity contribution in [3.8, 4) is 0 Å². The van der Waals surface area contributed by atoms with E-state index in [0.717, 1.165) is 18.7 Å². The standard InChI is InChI=1S/C18H19N5O2S/c1-10(2)15(24)22-16(25)18-21-13-14(19-9-20-17(13)26-18)23-8-7-11-5-3-4-6-12(11)23/h3-6,9-10,15,24H,7-8H2,1-2H3,(H,22,25)/t15-/m1/s1. The van der Waals surface area contributed by atoms with Gasteiger partial charge in [0.05, 0.1) is 0 Å². The highest BCUT2D eigenvalue weighted by Gasteiger charge is 2.25. The zero-order valence-corrected chi connectivity index (χ0v) is 15.3. The predicted molar refractivity (Wildman–Crippen MR) is 101 cm³/mol. The predicted octanol–water partition coefficient (Wildman–Crippen LogP) is 2.48. The van der Waals surface area contributed by atoms with Gasteiger partial charge in [-0.15, -0.1) is 0 Å². The molecule has 0 saturated carbocycles. The average Bonchev–Trinajstić information content (AvgIpc) is 3.25. The molecule has 1 aromatic carbocycles. The number of aromatic nitrogens is 3. The zero-order valence-electron chi connectivity index (χ0n) is 14.5. The van der Waals surface area contributed by atoms with Crippen molar-refractivity contribution in [2.24, 2.45) is 5.92 Å². The second-order valence-corrected chi connectivity index (χ2v) is 7.54. The van der Waals surface area contributed by atoms with E-state index >= 15 is 0 Å². The van der Waals surface area contributed by atoms with E-state index < -0.39 is 12.1 Å².